The van der Waals surface area contributed by atoms with Crippen molar-refractivity contribution >= 4 is 33.6 Å². The first-order chi connectivity index (χ1) is 50.2. The Labute approximate surface area is 628 Å². The first-order valence-electron chi connectivity index (χ1n) is 41.2. The van der Waals surface area contributed by atoms with Gasteiger partial charge in [-0.15, -0.1) is 0 Å². The van der Waals surface area contributed by atoms with Crippen LogP contribution in [0.5, 0.6) is 0 Å². The molecule has 0 aliphatic rings. The van der Waals surface area contributed by atoms with Crippen LogP contribution in [0.4, 0.5) is 0 Å². The number of phosphoric acid groups is 2. The molecule has 0 saturated heterocycles. The first kappa shape index (κ1) is 99.2. The fourth-order valence-electron chi connectivity index (χ4n) is 11.3. The lowest BCUT2D eigenvalue weighted by molar-refractivity contribution is -0.161. The molecule has 0 aromatic rings. The lowest BCUT2D eigenvalue weighted by Crippen LogP contribution is -2.30. The van der Waals surface area contributed by atoms with Crippen molar-refractivity contribution in [3.63, 3.8) is 0 Å². The molecule has 0 aliphatic carbocycles. The lowest BCUT2D eigenvalue weighted by atomic mass is 10.0. The van der Waals surface area contributed by atoms with Gasteiger partial charge in [-0.1, -0.05) is 323 Å². The molecule has 0 radical (unpaired) electrons. The van der Waals surface area contributed by atoms with Gasteiger partial charge in [-0.2, -0.15) is 0 Å². The summed E-state index contributed by atoms with van der Waals surface area (Å²) in [5.41, 5.74) is 0. The van der Waals surface area contributed by atoms with Gasteiger partial charge in [-0.25, -0.2) is 9.13 Å². The van der Waals surface area contributed by atoms with Gasteiger partial charge in [0, 0.05) is 19.3 Å². The molecule has 18 heteroatoms. The maximum Gasteiger partial charge on any atom is 0.472 e. The molecule has 0 amide bonds. The van der Waals surface area contributed by atoms with Crippen LogP contribution in [0.2, 0.25) is 0 Å². The number of hydrogen-bond acceptors (Lipinski definition) is 14. The Hall–Kier alpha value is -3.79. The molecule has 0 fully saturated rings. The second-order valence-electron chi connectivity index (χ2n) is 27.5. The van der Waals surface area contributed by atoms with E-state index < -0.39 is 91.5 Å². The molecule has 0 aromatic carbocycles. The number of unbranched alkanes of at least 4 members (excludes halogenated alkanes) is 37. The molecule has 596 valence electrons. The summed E-state index contributed by atoms with van der Waals surface area (Å²) in [6, 6.07) is 0. The number of phosphoric ester groups is 2. The predicted molar refractivity (Wildman–Crippen MR) is 427 cm³/mol. The van der Waals surface area contributed by atoms with E-state index in [4.69, 9.17) is 32.3 Å². The van der Waals surface area contributed by atoms with Gasteiger partial charge in [0.2, 0.25) is 0 Å². The molecule has 5 unspecified atom stereocenters. The van der Waals surface area contributed by atoms with Gasteiger partial charge in [0.15, 0.2) is 6.10 Å². The zero-order valence-electron chi connectivity index (χ0n) is 65.2. The number of carbonyl (C=O) groups is 3. The number of ether oxygens (including phenoxy) is 3. The average molecular weight is 1490 g/mol. The number of allylic oxidation sites excluding steroid dienone is 18. The van der Waals surface area contributed by atoms with E-state index in [1.54, 1.807) is 0 Å². The Balaban J connectivity index is 4.37. The molecular formula is C85H150O16P2. The minimum absolute atomic E-state index is 0.0935. The monoisotopic (exact) mass is 1490 g/mol. The molecule has 0 rings (SSSR count). The highest BCUT2D eigenvalue weighted by Crippen LogP contribution is 2.45. The number of esters is 3. The number of rotatable bonds is 78. The fourth-order valence-corrected chi connectivity index (χ4v) is 12.8. The van der Waals surface area contributed by atoms with Crippen LogP contribution in [-0.2, 0) is 55.8 Å². The van der Waals surface area contributed by atoms with Crippen LogP contribution >= 0.6 is 15.6 Å². The van der Waals surface area contributed by atoms with Crippen LogP contribution in [-0.4, -0.2) is 95.9 Å². The van der Waals surface area contributed by atoms with Crippen molar-refractivity contribution in [1.82, 2.24) is 0 Å². The Morgan fingerprint density at radius 1 is 0.282 bits per heavy atom. The second kappa shape index (κ2) is 77.8. The van der Waals surface area contributed by atoms with Crippen molar-refractivity contribution in [3.8, 4) is 0 Å². The van der Waals surface area contributed by atoms with Crippen molar-refractivity contribution in [2.45, 2.75) is 373 Å². The number of aliphatic hydroxyl groups excluding tert-OH is 2. The predicted octanol–water partition coefficient (Wildman–Crippen LogP) is 24.3. The quantitative estimate of drug-likeness (QED) is 0.0146. The molecule has 0 heterocycles. The first-order valence-corrected chi connectivity index (χ1v) is 44.2. The lowest BCUT2D eigenvalue weighted by Gasteiger charge is -2.21. The number of carbonyl (C=O) groups excluding carboxylic acids is 3. The zero-order valence-corrected chi connectivity index (χ0v) is 67.0. The minimum Gasteiger partial charge on any atom is -0.463 e. The van der Waals surface area contributed by atoms with Gasteiger partial charge in [-0.05, 0) is 122 Å². The molecule has 5 atom stereocenters. The van der Waals surface area contributed by atoms with E-state index in [0.29, 0.717) is 19.3 Å². The number of aliphatic hydroxyl groups is 2. The Bertz CT molecular complexity index is 2310. The van der Waals surface area contributed by atoms with E-state index in [2.05, 4.69) is 130 Å². The van der Waals surface area contributed by atoms with Crippen molar-refractivity contribution in [2.24, 2.45) is 0 Å². The van der Waals surface area contributed by atoms with Gasteiger partial charge < -0.3 is 34.2 Å². The third kappa shape index (κ3) is 79.1. The van der Waals surface area contributed by atoms with Gasteiger partial charge in [-0.3, -0.25) is 32.5 Å². The van der Waals surface area contributed by atoms with E-state index in [0.717, 1.165) is 154 Å². The van der Waals surface area contributed by atoms with Crippen LogP contribution in [0, 0.1) is 0 Å². The second-order valence-corrected chi connectivity index (χ2v) is 30.4. The normalized spacial score (nSPS) is 14.5. The van der Waals surface area contributed by atoms with Crippen molar-refractivity contribution in [1.29, 1.82) is 0 Å². The summed E-state index contributed by atoms with van der Waals surface area (Å²) in [6.07, 6.45) is 91.6. The van der Waals surface area contributed by atoms with Gasteiger partial charge in [0.05, 0.1) is 26.4 Å². The SMILES string of the molecule is CC/C=C\C/C=C\C/C=C\C/C=C\C/C=C\CCCCCCCCCCCCCCCCCCCCCC(=O)OCC(O)COP(=O)(O)OCC(O)COP(=O)(O)OCC(COC(=O)CCCCCCCCC/C=C\C/C=C\C/C=C\CC)OC(=O)CCCCCCC/C=C\CCCCCCCC. The van der Waals surface area contributed by atoms with E-state index in [1.165, 1.54) is 141 Å². The molecule has 0 bridgehead atoms. The molecule has 0 spiro atoms. The molecule has 16 nitrogen and oxygen atoms in total. The summed E-state index contributed by atoms with van der Waals surface area (Å²) in [7, 11) is -9.79. The maximum atomic E-state index is 13.0. The Morgan fingerprint density at radius 2 is 0.515 bits per heavy atom. The summed E-state index contributed by atoms with van der Waals surface area (Å²) in [4.78, 5) is 58.6. The zero-order chi connectivity index (χ0) is 75.2. The van der Waals surface area contributed by atoms with E-state index in [9.17, 15) is 43.5 Å². The highest BCUT2D eigenvalue weighted by Gasteiger charge is 2.29. The molecular weight excluding hydrogens is 1340 g/mol. The molecule has 0 aliphatic heterocycles. The average Bonchev–Trinajstić information content (AvgIpc) is 0.915. The molecule has 0 saturated carbocycles. The molecule has 103 heavy (non-hydrogen) atoms. The summed E-state index contributed by atoms with van der Waals surface area (Å²) in [6.45, 7) is 2.47. The van der Waals surface area contributed by atoms with E-state index in [1.807, 2.05) is 0 Å². The van der Waals surface area contributed by atoms with Gasteiger partial charge >= 0.3 is 33.6 Å². The fraction of sp³-hybridized carbons (Fsp3) is 0.753. The van der Waals surface area contributed by atoms with Crippen LogP contribution in [0.25, 0.3) is 0 Å². The van der Waals surface area contributed by atoms with Gasteiger partial charge in [0.1, 0.15) is 25.4 Å². The smallest absolute Gasteiger partial charge is 0.463 e. The van der Waals surface area contributed by atoms with Gasteiger partial charge in [0.25, 0.3) is 0 Å². The third-order valence-corrected chi connectivity index (χ3v) is 19.4. The van der Waals surface area contributed by atoms with Crippen molar-refractivity contribution < 1.29 is 75.8 Å². The highest BCUT2D eigenvalue weighted by atomic mass is 31.2. The molecule has 4 N–H and O–H groups in total. The van der Waals surface area contributed by atoms with Crippen molar-refractivity contribution in [2.75, 3.05) is 39.6 Å². The van der Waals surface area contributed by atoms with Crippen LogP contribution in [0.3, 0.4) is 0 Å². The van der Waals surface area contributed by atoms with E-state index in [-0.39, 0.29) is 19.3 Å². The summed E-state index contributed by atoms with van der Waals surface area (Å²) in [5.74, 6) is -1.58. The van der Waals surface area contributed by atoms with Crippen LogP contribution in [0.15, 0.2) is 109 Å². The highest BCUT2D eigenvalue weighted by molar-refractivity contribution is 7.47. The van der Waals surface area contributed by atoms with E-state index >= 15 is 0 Å². The standard InChI is InChI=1S/C85H150O16P2/c1-4-7-10-13-16-19-22-25-28-30-31-32-33-34-35-36-37-38-39-40-41-42-43-44-45-46-47-49-52-53-56-59-62-65-68-71-83(88)95-74-80(86)75-97-102(91,92)98-76-81(87)77-99-103(93,94)100-79-82(101-85(90)73-70-67-64-61-58-55-50-27-24-21-18-15-12-9-6-3)78-96-84(89)72-69-66-63-60-57-54-51-48-29-26-23-20-17-14-11-8-5-2/h7-8,10-11,16-17,19-20,25-29,31-32,34-35,50,80-82,86-87H,4-6,9,12-15,18,21-24,30,33,36-49,51-79H2,1-3H3,(H,91,92)(H,93,94)/b10-7-,11-8-,19-16-,20-17-,28-25-,29-26-,32-31-,35-34-,50-27-. The summed E-state index contributed by atoms with van der Waals surface area (Å²) >= 11 is 0. The Morgan fingerprint density at radius 3 is 0.825 bits per heavy atom. The summed E-state index contributed by atoms with van der Waals surface area (Å²) in [5, 5.41) is 20.6. The third-order valence-electron chi connectivity index (χ3n) is 17.5. The molecule has 0 aromatic heterocycles. The Kier molecular flexibility index (Phi) is 74.9. The maximum absolute atomic E-state index is 13.0. The van der Waals surface area contributed by atoms with Crippen molar-refractivity contribution in [3.05, 3.63) is 109 Å². The topological polar surface area (TPSA) is 231 Å². The van der Waals surface area contributed by atoms with Crippen LogP contribution in [0.1, 0.15) is 355 Å². The minimum atomic E-state index is -4.93. The summed E-state index contributed by atoms with van der Waals surface area (Å²) < 4.78 is 61.1. The largest absolute Gasteiger partial charge is 0.472 e. The van der Waals surface area contributed by atoms with Crippen LogP contribution < -0.4 is 0 Å². The number of hydrogen-bond donors (Lipinski definition) is 4.